The summed E-state index contributed by atoms with van der Waals surface area (Å²) in [4.78, 5) is 2.52. The summed E-state index contributed by atoms with van der Waals surface area (Å²) in [5.41, 5.74) is 2.54. The van der Waals surface area contributed by atoms with Gasteiger partial charge in [-0.3, -0.25) is 0 Å². The average molecular weight is 759 g/mol. The van der Waals surface area contributed by atoms with Crippen LogP contribution >= 0.6 is 147 Å². The van der Waals surface area contributed by atoms with Gasteiger partial charge in [0.1, 0.15) is 10.1 Å². The summed E-state index contributed by atoms with van der Waals surface area (Å²) in [5, 5.41) is 2.49. The molecule has 16 heteroatoms. The van der Waals surface area contributed by atoms with Crippen LogP contribution in [0.25, 0.3) is 9.75 Å². The van der Waals surface area contributed by atoms with Crippen LogP contribution in [0.5, 0.6) is 0 Å². The first-order valence-electron chi connectivity index (χ1n) is 10.8. The van der Waals surface area contributed by atoms with Crippen LogP contribution in [0.15, 0.2) is 70.7 Å². The number of thiazole rings is 2. The van der Waals surface area contributed by atoms with Crippen molar-refractivity contribution >= 4 is 147 Å². The molecule has 38 heavy (non-hydrogen) atoms. The Morgan fingerprint density at radius 1 is 0.526 bits per heavy atom. The lowest BCUT2D eigenvalue weighted by Crippen LogP contribution is -2.10. The van der Waals surface area contributed by atoms with Gasteiger partial charge in [-0.1, -0.05) is 60.7 Å². The maximum absolute atomic E-state index is 5.82. The maximum Gasteiger partial charge on any atom is 0.163 e. The fraction of sp³-hybridized carbons (Fsp3) is 0.182. The number of benzene rings is 2. The van der Waals surface area contributed by atoms with Gasteiger partial charge < -0.3 is 9.13 Å². The number of nitrogens with zero attached hydrogens (tertiary/aromatic N) is 2. The molecule has 2 aromatic heterocycles. The minimum absolute atomic E-state index is 0.201. The van der Waals surface area contributed by atoms with Crippen LogP contribution in [0.1, 0.15) is 37.1 Å². The third-order valence-electron chi connectivity index (χ3n) is 5.56. The molecule has 1 fully saturated rings. The number of fused-ring (bicyclic) bond motifs is 3. The molecule has 4 aromatic rings. The molecule has 2 aliphatic heterocycles. The predicted octanol–water partition coefficient (Wildman–Crippen LogP) is 14.1. The smallest absolute Gasteiger partial charge is 0.163 e. The first-order valence-corrected chi connectivity index (χ1v) is 26.1. The first kappa shape index (κ1) is 31.1. The number of hydrogen-bond acceptors (Lipinski definition) is 14. The summed E-state index contributed by atoms with van der Waals surface area (Å²) < 4.78 is 6.44. The molecule has 0 bridgehead atoms. The van der Waals surface area contributed by atoms with Crippen molar-refractivity contribution in [2.45, 2.75) is 36.0 Å². The minimum Gasteiger partial charge on any atom is -0.310 e. The Hall–Kier alpha value is 1.64. The van der Waals surface area contributed by atoms with E-state index < -0.39 is 0 Å². The molecule has 200 valence electrons. The second-order valence-corrected chi connectivity index (χ2v) is 27.2. The van der Waals surface area contributed by atoms with Gasteiger partial charge in [-0.05, 0) is 71.0 Å². The second-order valence-electron chi connectivity index (χ2n) is 7.63. The molecule has 0 amide bonds. The Morgan fingerprint density at radius 2 is 0.842 bits per heavy atom. The van der Waals surface area contributed by atoms with E-state index in [1.54, 1.807) is 44.3 Å². The zero-order valence-electron chi connectivity index (χ0n) is 19.5. The summed E-state index contributed by atoms with van der Waals surface area (Å²) in [6, 6.07) is 21.5. The molecule has 0 saturated carbocycles. The van der Waals surface area contributed by atoms with Crippen LogP contribution in [-0.4, -0.2) is 9.13 Å². The van der Waals surface area contributed by atoms with Crippen LogP contribution in [0.2, 0.25) is 0 Å². The quantitative estimate of drug-likeness (QED) is 0.145. The van der Waals surface area contributed by atoms with Crippen LogP contribution in [0.3, 0.4) is 0 Å². The van der Waals surface area contributed by atoms with Crippen molar-refractivity contribution in [2.24, 2.45) is 0 Å². The van der Waals surface area contributed by atoms with E-state index in [0.29, 0.717) is 0 Å². The van der Waals surface area contributed by atoms with Crippen molar-refractivity contribution in [1.29, 1.82) is 0 Å². The SMILES string of the molecule is C[C@@H](c1ccccc1)n1c2c(sc1=S)-c1sc(=S)n([C@@H](C)c3ccccc3)c1SS2.S1SSSSSSS1. The number of rotatable bonds is 4. The Labute approximate surface area is 278 Å². The van der Waals surface area contributed by atoms with Crippen molar-refractivity contribution in [3.8, 4) is 9.75 Å². The number of aromatic nitrogens is 2. The predicted molar refractivity (Wildman–Crippen MR) is 198 cm³/mol. The monoisotopic (exact) mass is 758 g/mol. The maximum atomic E-state index is 5.82. The van der Waals surface area contributed by atoms with Gasteiger partial charge >= 0.3 is 0 Å². The van der Waals surface area contributed by atoms with Crippen molar-refractivity contribution in [3.05, 3.63) is 79.7 Å². The summed E-state index contributed by atoms with van der Waals surface area (Å²) in [6.45, 7) is 4.45. The van der Waals surface area contributed by atoms with Crippen molar-refractivity contribution < 1.29 is 0 Å². The standard InChI is InChI=1S/C22H18N2S6.S8/c1-13(15-9-5-3-6-10-15)23-19-17(27-21(23)25)18-20(30-29-19)24(22(26)28-18)14(2)16-11-7-4-8-12-16;1-2-4-6-8-7-5-3-1/h3-14H,1-2H3;/t13-,14-;/m0./s1. The highest BCUT2D eigenvalue weighted by molar-refractivity contribution is 9.60. The summed E-state index contributed by atoms with van der Waals surface area (Å²) in [5.74, 6) is 0. The van der Waals surface area contributed by atoms with Gasteiger partial charge in [0.2, 0.25) is 0 Å². The van der Waals surface area contributed by atoms with E-state index in [2.05, 4.69) is 83.6 Å². The molecule has 1 saturated heterocycles. The molecule has 0 radical (unpaired) electrons. The largest absolute Gasteiger partial charge is 0.310 e. The molecule has 2 nitrogen and oxygen atoms in total. The lowest BCUT2D eigenvalue weighted by Gasteiger charge is -2.22. The third-order valence-corrected chi connectivity index (χ3v) is 29.0. The zero-order valence-corrected chi connectivity index (χ0v) is 31.0. The van der Waals surface area contributed by atoms with Gasteiger partial charge in [0.15, 0.2) is 7.91 Å². The normalized spacial score (nSPS) is 16.7. The molecular formula is C22H18N2S14. The van der Waals surface area contributed by atoms with Crippen LogP contribution in [0.4, 0.5) is 0 Å². The fourth-order valence-corrected chi connectivity index (χ4v) is 32.6. The highest BCUT2D eigenvalue weighted by atomic mass is 34.1. The zero-order chi connectivity index (χ0) is 26.5. The van der Waals surface area contributed by atoms with E-state index >= 15 is 0 Å². The molecule has 2 aromatic carbocycles. The molecule has 0 spiro atoms. The molecule has 0 unspecified atom stereocenters. The van der Waals surface area contributed by atoms with Gasteiger partial charge in [0.05, 0.1) is 21.8 Å². The topological polar surface area (TPSA) is 9.86 Å². The molecule has 2 aliphatic rings. The first-order chi connectivity index (χ1) is 18.6. The summed E-state index contributed by atoms with van der Waals surface area (Å²) in [6.07, 6.45) is 0. The molecule has 0 N–H and O–H groups in total. The van der Waals surface area contributed by atoms with Crippen molar-refractivity contribution in [1.82, 2.24) is 9.13 Å². The van der Waals surface area contributed by atoms with E-state index in [9.17, 15) is 0 Å². The van der Waals surface area contributed by atoms with E-state index in [-0.39, 0.29) is 12.1 Å². The number of hydrogen-bond donors (Lipinski definition) is 0. The Morgan fingerprint density at radius 3 is 1.16 bits per heavy atom. The van der Waals surface area contributed by atoms with E-state index in [0.717, 1.165) is 7.91 Å². The Bertz CT molecular complexity index is 1330. The molecule has 6 rings (SSSR count). The highest BCUT2D eigenvalue weighted by Crippen LogP contribution is 2.65. The van der Waals surface area contributed by atoms with Gasteiger partial charge in [-0.2, -0.15) is 0 Å². The lowest BCUT2D eigenvalue weighted by atomic mass is 10.1. The highest BCUT2D eigenvalue weighted by Gasteiger charge is 2.31. The average Bonchev–Trinajstić information content (AvgIpc) is 3.44. The van der Waals surface area contributed by atoms with Crippen LogP contribution < -0.4 is 0 Å². The molecule has 4 heterocycles. The van der Waals surface area contributed by atoms with Gasteiger partial charge in [0, 0.05) is 78.6 Å². The molecule has 0 aliphatic carbocycles. The van der Waals surface area contributed by atoms with Gasteiger partial charge in [-0.25, -0.2) is 0 Å². The minimum atomic E-state index is 0.201. The van der Waals surface area contributed by atoms with Gasteiger partial charge in [-0.15, -0.1) is 22.7 Å². The third kappa shape index (κ3) is 7.40. The second kappa shape index (κ2) is 15.4. The van der Waals surface area contributed by atoms with Crippen molar-refractivity contribution in [2.75, 3.05) is 0 Å². The van der Waals surface area contributed by atoms with E-state index in [1.807, 2.05) is 78.6 Å². The lowest BCUT2D eigenvalue weighted by molar-refractivity contribution is 0.587. The Kier molecular flexibility index (Phi) is 12.6. The molecular weight excluding hydrogens is 741 g/mol. The van der Waals surface area contributed by atoms with Crippen LogP contribution in [-0.2, 0) is 0 Å². The van der Waals surface area contributed by atoms with E-state index in [4.69, 9.17) is 24.4 Å². The summed E-state index contributed by atoms with van der Waals surface area (Å²) >= 11 is 15.1. The van der Waals surface area contributed by atoms with Gasteiger partial charge in [0.25, 0.3) is 0 Å². The van der Waals surface area contributed by atoms with Crippen molar-refractivity contribution in [3.63, 3.8) is 0 Å². The van der Waals surface area contributed by atoms with E-state index in [1.165, 1.54) is 30.9 Å². The van der Waals surface area contributed by atoms with Crippen LogP contribution in [0, 0.1) is 7.91 Å². The molecule has 2 atom stereocenters. The fourth-order valence-electron chi connectivity index (χ4n) is 3.79. The summed E-state index contributed by atoms with van der Waals surface area (Å²) in [7, 11) is 18.3. The Balaban J connectivity index is 0.000000316.